The van der Waals surface area contributed by atoms with Crippen molar-refractivity contribution in [2.75, 3.05) is 39.3 Å². The summed E-state index contributed by atoms with van der Waals surface area (Å²) < 4.78 is 0. The SMILES string of the molecule is CC1=[C-]C(C)(C)C(C)=C1C.CC[N-]CC.CC[N-]CC.CC[N-]CC.[Hf+4]. The van der Waals surface area contributed by atoms with Crippen molar-refractivity contribution in [3.05, 3.63) is 38.7 Å². The summed E-state index contributed by atoms with van der Waals surface area (Å²) in [7, 11) is 0. The van der Waals surface area contributed by atoms with Gasteiger partial charge >= 0.3 is 25.8 Å². The molecule has 0 N–H and O–H groups in total. The van der Waals surface area contributed by atoms with Crippen LogP contribution in [0.1, 0.15) is 76.2 Å². The van der Waals surface area contributed by atoms with E-state index in [0.29, 0.717) is 0 Å². The van der Waals surface area contributed by atoms with Gasteiger partial charge < -0.3 is 16.0 Å². The third-order valence-electron chi connectivity index (χ3n) is 3.90. The first kappa shape index (κ1) is 33.8. The zero-order chi connectivity index (χ0) is 20.3. The minimum Gasteiger partial charge on any atom is -0.663 e. The topological polar surface area (TPSA) is 42.3 Å². The Morgan fingerprint density at radius 1 is 0.654 bits per heavy atom. The van der Waals surface area contributed by atoms with E-state index in [1.165, 1.54) is 16.7 Å². The Labute approximate surface area is 185 Å². The molecule has 0 unspecified atom stereocenters. The van der Waals surface area contributed by atoms with Gasteiger partial charge in [0.15, 0.2) is 0 Å². The average molecular weight is 530 g/mol. The molecule has 0 aromatic rings. The van der Waals surface area contributed by atoms with Gasteiger partial charge in [-0.2, -0.15) is 50.4 Å². The van der Waals surface area contributed by atoms with Crippen LogP contribution in [0.4, 0.5) is 0 Å². The van der Waals surface area contributed by atoms with Gasteiger partial charge in [0.2, 0.25) is 0 Å². The molecule has 0 bridgehead atoms. The van der Waals surface area contributed by atoms with E-state index in [4.69, 9.17) is 0 Å². The molecule has 0 fully saturated rings. The van der Waals surface area contributed by atoms with Crippen molar-refractivity contribution in [1.29, 1.82) is 0 Å². The van der Waals surface area contributed by atoms with Gasteiger partial charge in [0.05, 0.1) is 0 Å². The summed E-state index contributed by atoms with van der Waals surface area (Å²) in [6.45, 7) is 29.0. The van der Waals surface area contributed by atoms with Crippen molar-refractivity contribution in [3.63, 3.8) is 0 Å². The van der Waals surface area contributed by atoms with Crippen molar-refractivity contribution in [2.24, 2.45) is 5.41 Å². The van der Waals surface area contributed by atoms with Gasteiger partial charge in [0.25, 0.3) is 0 Å². The van der Waals surface area contributed by atoms with Crippen LogP contribution in [0.2, 0.25) is 0 Å². The normalized spacial score (nSPS) is 13.9. The Hall–Kier alpha value is 0.230. The van der Waals surface area contributed by atoms with Gasteiger partial charge in [0, 0.05) is 0 Å². The summed E-state index contributed by atoms with van der Waals surface area (Å²) in [4.78, 5) is 0. The summed E-state index contributed by atoms with van der Waals surface area (Å²) in [6, 6.07) is 0. The van der Waals surface area contributed by atoms with Crippen LogP contribution in [0.15, 0.2) is 16.7 Å². The molecule has 0 spiro atoms. The second kappa shape index (κ2) is 23.3. The summed E-state index contributed by atoms with van der Waals surface area (Å²) in [5.41, 5.74) is 4.39. The Bertz CT molecular complexity index is 327. The molecule has 0 aromatic carbocycles. The summed E-state index contributed by atoms with van der Waals surface area (Å²) in [6.07, 6.45) is 3.44. The molecule has 26 heavy (non-hydrogen) atoms. The number of allylic oxidation sites excluding steroid dienone is 4. The molecule has 1 aliphatic carbocycles. The fraction of sp³-hybridized carbons (Fsp3) is 0.818. The fourth-order valence-electron chi connectivity index (χ4n) is 2.08. The molecule has 0 aliphatic heterocycles. The predicted octanol–water partition coefficient (Wildman–Crippen LogP) is 7.31. The molecular weight excluding hydrogens is 485 g/mol. The van der Waals surface area contributed by atoms with Crippen molar-refractivity contribution in [3.8, 4) is 0 Å². The van der Waals surface area contributed by atoms with Gasteiger partial charge in [-0.3, -0.25) is 6.08 Å². The number of hydrogen-bond donors (Lipinski definition) is 0. The predicted molar refractivity (Wildman–Crippen MR) is 118 cm³/mol. The second-order valence-corrected chi connectivity index (χ2v) is 6.19. The van der Waals surface area contributed by atoms with Crippen LogP contribution in [0, 0.1) is 11.5 Å². The first-order valence-electron chi connectivity index (χ1n) is 9.89. The summed E-state index contributed by atoms with van der Waals surface area (Å²) >= 11 is 0. The van der Waals surface area contributed by atoms with Crippen molar-refractivity contribution < 1.29 is 25.8 Å². The first-order chi connectivity index (χ1) is 11.7. The smallest absolute Gasteiger partial charge is 0.663 e. The molecular formula is C22H45HfN3. The molecule has 3 nitrogen and oxygen atoms in total. The van der Waals surface area contributed by atoms with Crippen molar-refractivity contribution in [1.82, 2.24) is 0 Å². The van der Waals surface area contributed by atoms with Crippen LogP contribution < -0.4 is 0 Å². The molecule has 152 valence electrons. The van der Waals surface area contributed by atoms with E-state index >= 15 is 0 Å². The van der Waals surface area contributed by atoms with E-state index in [2.05, 4.69) is 56.6 Å². The Morgan fingerprint density at radius 2 is 0.923 bits per heavy atom. The van der Waals surface area contributed by atoms with Gasteiger partial charge in [-0.1, -0.05) is 74.7 Å². The van der Waals surface area contributed by atoms with Crippen LogP contribution in [0.25, 0.3) is 16.0 Å². The molecule has 0 saturated carbocycles. The minimum absolute atomic E-state index is 0. The molecule has 0 atom stereocenters. The van der Waals surface area contributed by atoms with Crippen LogP contribution >= 0.6 is 0 Å². The summed E-state index contributed by atoms with van der Waals surface area (Å²) in [5.74, 6) is 0. The molecule has 0 aromatic heterocycles. The van der Waals surface area contributed by atoms with Crippen LogP contribution in [-0.2, 0) is 25.8 Å². The Morgan fingerprint density at radius 3 is 0.962 bits per heavy atom. The Kier molecular flexibility index (Phi) is 30.2. The second-order valence-electron chi connectivity index (χ2n) is 6.19. The maximum absolute atomic E-state index is 3.97. The standard InChI is InChI=1S/C10H15.3C4H10N.Hf/c1-7-6-10(4,5)9(3)8(7)2;3*1-3-5-4-2;/h1-5H3;3*3-4H2,1-2H3;/q4*-1;+4. The monoisotopic (exact) mass is 531 g/mol. The minimum atomic E-state index is 0. The van der Waals surface area contributed by atoms with Crippen molar-refractivity contribution in [2.45, 2.75) is 76.2 Å². The average Bonchev–Trinajstić information content (AvgIpc) is 2.73. The maximum Gasteiger partial charge on any atom is 4.00 e. The van der Waals surface area contributed by atoms with Crippen LogP contribution in [0.5, 0.6) is 0 Å². The first-order valence-corrected chi connectivity index (χ1v) is 9.89. The fourth-order valence-corrected chi connectivity index (χ4v) is 2.08. The number of rotatable bonds is 6. The molecule has 0 radical (unpaired) electrons. The zero-order valence-electron chi connectivity index (χ0n) is 19.6. The van der Waals surface area contributed by atoms with Gasteiger partial charge in [-0.25, -0.2) is 5.57 Å². The third-order valence-corrected chi connectivity index (χ3v) is 3.90. The Balaban J connectivity index is -0.000000132. The quantitative estimate of drug-likeness (QED) is 0.256. The molecule has 0 heterocycles. The van der Waals surface area contributed by atoms with Crippen LogP contribution in [-0.4, -0.2) is 39.3 Å². The summed E-state index contributed by atoms with van der Waals surface area (Å²) in [5, 5.41) is 11.9. The largest absolute Gasteiger partial charge is 4.00 e. The molecule has 0 saturated heterocycles. The molecule has 4 heteroatoms. The van der Waals surface area contributed by atoms with E-state index in [1.807, 2.05) is 41.5 Å². The van der Waals surface area contributed by atoms with Crippen molar-refractivity contribution >= 4 is 0 Å². The van der Waals surface area contributed by atoms with Gasteiger partial charge in [0.1, 0.15) is 0 Å². The van der Waals surface area contributed by atoms with Gasteiger partial charge in [-0.05, 0) is 0 Å². The molecule has 1 aliphatic rings. The molecule has 0 amide bonds. The van der Waals surface area contributed by atoms with E-state index in [-0.39, 0.29) is 31.3 Å². The third kappa shape index (κ3) is 20.5. The van der Waals surface area contributed by atoms with E-state index in [1.54, 1.807) is 0 Å². The van der Waals surface area contributed by atoms with E-state index in [0.717, 1.165) is 39.3 Å². The van der Waals surface area contributed by atoms with Crippen LogP contribution in [0.3, 0.4) is 0 Å². The maximum atomic E-state index is 3.97. The van der Waals surface area contributed by atoms with E-state index < -0.39 is 0 Å². The molecule has 1 rings (SSSR count). The zero-order valence-corrected chi connectivity index (χ0v) is 23.2. The number of nitrogens with zero attached hydrogens (tertiary/aromatic N) is 3. The number of hydrogen-bond acceptors (Lipinski definition) is 0. The van der Waals surface area contributed by atoms with E-state index in [9.17, 15) is 0 Å². The van der Waals surface area contributed by atoms with Gasteiger partial charge in [-0.15, -0.1) is 6.92 Å².